The van der Waals surface area contributed by atoms with Crippen LogP contribution < -0.4 is 20.1 Å². The Hall–Kier alpha value is -6.38. The van der Waals surface area contributed by atoms with Gasteiger partial charge in [-0.25, -0.2) is 19.6 Å². The quantitative estimate of drug-likeness (QED) is 0.117. The maximum atomic E-state index is 13.9. The number of carbonyl (C=O) groups excluding carboxylic acids is 4. The minimum atomic E-state index is -0.731. The molecule has 2 fully saturated rings. The van der Waals surface area contributed by atoms with Crippen molar-refractivity contribution in [2.75, 3.05) is 13.1 Å². The Labute approximate surface area is 381 Å². The van der Waals surface area contributed by atoms with Gasteiger partial charge >= 0.3 is 12.2 Å². The Morgan fingerprint density at radius 2 is 0.906 bits per heavy atom. The van der Waals surface area contributed by atoms with Crippen LogP contribution in [0.4, 0.5) is 9.59 Å². The molecule has 4 atom stereocenters. The van der Waals surface area contributed by atoms with Gasteiger partial charge in [-0.05, 0) is 84.0 Å². The molecule has 0 spiro atoms. The van der Waals surface area contributed by atoms with Gasteiger partial charge in [-0.3, -0.25) is 9.59 Å². The molecule has 0 unspecified atom stereocenters. The highest BCUT2D eigenvalue weighted by atomic mass is 32.1. The van der Waals surface area contributed by atoms with Gasteiger partial charge in [-0.15, -0.1) is 22.7 Å². The molecule has 2 aliphatic rings. The minimum absolute atomic E-state index is 0.132. The van der Waals surface area contributed by atoms with E-state index in [1.54, 1.807) is 71.2 Å². The van der Waals surface area contributed by atoms with Crippen molar-refractivity contribution in [3.63, 3.8) is 0 Å². The molecule has 12 nitrogen and oxygen atoms in total. The first-order valence-electron chi connectivity index (χ1n) is 21.8. The zero-order chi connectivity index (χ0) is 44.7. The summed E-state index contributed by atoms with van der Waals surface area (Å²) in [7, 11) is 0. The fourth-order valence-electron chi connectivity index (χ4n) is 8.27. The summed E-state index contributed by atoms with van der Waals surface area (Å²) in [6.07, 6.45) is 5.78. The van der Waals surface area contributed by atoms with Crippen molar-refractivity contribution in [2.45, 2.75) is 77.5 Å². The van der Waals surface area contributed by atoms with Crippen LogP contribution in [0.15, 0.2) is 122 Å². The van der Waals surface area contributed by atoms with Gasteiger partial charge in [-0.1, -0.05) is 113 Å². The van der Waals surface area contributed by atoms with Gasteiger partial charge in [0.2, 0.25) is 11.8 Å². The van der Waals surface area contributed by atoms with Crippen molar-refractivity contribution in [2.24, 2.45) is 11.8 Å². The minimum Gasteiger partial charge on any atom is -0.410 e. The molecule has 0 radical (unpaired) electrons. The lowest BCUT2D eigenvalue weighted by molar-refractivity contribution is -0.136. The van der Waals surface area contributed by atoms with E-state index in [1.807, 2.05) is 62.0 Å². The third-order valence-corrected chi connectivity index (χ3v) is 14.0. The lowest BCUT2D eigenvalue weighted by atomic mass is 10.0. The average molecular weight is 897 g/mol. The van der Waals surface area contributed by atoms with E-state index in [9.17, 15) is 19.2 Å². The molecular weight excluding hydrogens is 845 g/mol. The number of carbonyl (C=O) groups is 4. The van der Waals surface area contributed by atoms with Crippen LogP contribution in [-0.2, 0) is 9.59 Å². The molecule has 14 heteroatoms. The third-order valence-electron chi connectivity index (χ3n) is 11.7. The molecule has 4 heterocycles. The summed E-state index contributed by atoms with van der Waals surface area (Å²) in [4.78, 5) is 68.7. The van der Waals surface area contributed by atoms with Crippen LogP contribution in [0.1, 0.15) is 75.5 Å². The molecule has 4 aromatic carbocycles. The first kappa shape index (κ1) is 44.2. The number of aromatic nitrogens is 2. The predicted octanol–water partition coefficient (Wildman–Crippen LogP) is 10.6. The first-order valence-corrected chi connectivity index (χ1v) is 23.5. The van der Waals surface area contributed by atoms with Gasteiger partial charge in [-0.2, -0.15) is 0 Å². The number of nitrogens with zero attached hydrogens (tertiary/aromatic N) is 4. The van der Waals surface area contributed by atoms with Gasteiger partial charge in [0.1, 0.15) is 33.6 Å². The lowest BCUT2D eigenvalue weighted by Gasteiger charge is -2.30. The molecule has 330 valence electrons. The van der Waals surface area contributed by atoms with Crippen molar-refractivity contribution < 1.29 is 28.7 Å². The van der Waals surface area contributed by atoms with Gasteiger partial charge in [0.25, 0.3) is 0 Å². The Kier molecular flexibility index (Phi) is 13.8. The highest BCUT2D eigenvalue weighted by Crippen LogP contribution is 2.40. The molecule has 2 N–H and O–H groups in total. The summed E-state index contributed by atoms with van der Waals surface area (Å²) in [5.41, 5.74) is 4.25. The maximum absolute atomic E-state index is 13.9. The Bertz CT molecular complexity index is 2370. The summed E-state index contributed by atoms with van der Waals surface area (Å²) in [5.74, 6) is 0.287. The van der Waals surface area contributed by atoms with Crippen molar-refractivity contribution in [1.29, 1.82) is 0 Å². The van der Waals surface area contributed by atoms with Gasteiger partial charge in [0, 0.05) is 25.5 Å². The Morgan fingerprint density at radius 1 is 0.547 bits per heavy atom. The highest BCUT2D eigenvalue weighted by Gasteiger charge is 2.39. The number of rotatable bonds is 13. The zero-order valence-corrected chi connectivity index (χ0v) is 37.9. The number of likely N-dealkylation sites (tertiary alicyclic amines) is 2. The summed E-state index contributed by atoms with van der Waals surface area (Å²) >= 11 is 3.19. The fourth-order valence-corrected chi connectivity index (χ4v) is 10.4. The Balaban J connectivity index is 0.884. The van der Waals surface area contributed by atoms with E-state index in [0.29, 0.717) is 24.6 Å². The monoisotopic (exact) mass is 896 g/mol. The smallest absolute Gasteiger partial charge is 0.410 e. The number of benzene rings is 4. The van der Waals surface area contributed by atoms with E-state index in [2.05, 4.69) is 59.2 Å². The number of ether oxygens (including phenoxy) is 2. The zero-order valence-electron chi connectivity index (χ0n) is 36.3. The van der Waals surface area contributed by atoms with Crippen LogP contribution in [0, 0.1) is 11.8 Å². The second-order valence-electron chi connectivity index (χ2n) is 16.8. The molecule has 2 aliphatic heterocycles. The summed E-state index contributed by atoms with van der Waals surface area (Å²) < 4.78 is 10.9. The Morgan fingerprint density at radius 3 is 1.27 bits per heavy atom. The molecule has 6 aromatic rings. The highest BCUT2D eigenvalue weighted by molar-refractivity contribution is 7.15. The number of thiazole rings is 2. The van der Waals surface area contributed by atoms with Gasteiger partial charge < -0.3 is 29.9 Å². The van der Waals surface area contributed by atoms with Crippen LogP contribution in [-0.4, -0.2) is 68.9 Å². The van der Waals surface area contributed by atoms with Gasteiger partial charge in [0.05, 0.1) is 21.8 Å². The average Bonchev–Trinajstić information content (AvgIpc) is 4.15. The predicted molar refractivity (Wildman–Crippen MR) is 250 cm³/mol. The maximum Gasteiger partial charge on any atom is 0.413 e. The van der Waals surface area contributed by atoms with E-state index in [-0.39, 0.29) is 35.7 Å². The van der Waals surface area contributed by atoms with Crippen molar-refractivity contribution >= 4 is 46.7 Å². The van der Waals surface area contributed by atoms with E-state index in [1.165, 1.54) is 0 Å². The largest absolute Gasteiger partial charge is 0.413 e. The van der Waals surface area contributed by atoms with E-state index in [0.717, 1.165) is 67.7 Å². The second-order valence-corrected chi connectivity index (χ2v) is 18.9. The van der Waals surface area contributed by atoms with Crippen molar-refractivity contribution in [1.82, 2.24) is 30.4 Å². The van der Waals surface area contributed by atoms with Crippen LogP contribution in [0.5, 0.6) is 11.5 Å². The molecule has 2 saturated heterocycles. The van der Waals surface area contributed by atoms with E-state index >= 15 is 0 Å². The molecule has 64 heavy (non-hydrogen) atoms. The lowest BCUT2D eigenvalue weighted by Crippen LogP contribution is -2.51. The normalized spacial score (nSPS) is 17.0. The van der Waals surface area contributed by atoms with E-state index < -0.39 is 24.3 Å². The summed E-state index contributed by atoms with van der Waals surface area (Å²) in [6, 6.07) is 32.7. The molecule has 0 saturated carbocycles. The number of hydrogen-bond donors (Lipinski definition) is 2. The van der Waals surface area contributed by atoms with Crippen LogP contribution in [0.2, 0.25) is 0 Å². The van der Waals surface area contributed by atoms with Crippen LogP contribution >= 0.6 is 22.7 Å². The SMILES string of the molecule is CC(C)[C@H](NC(=O)Oc1ccccc1)C(=O)N1CCC[C@H]1c1ncc(-c2ccc(-c3ccc(-c4cnc([C@@H]5CCCN5C(=O)[C@@H](NC(=O)Oc5ccccc5)C(C)C)s4)cc3)cc2)s1. The van der Waals surface area contributed by atoms with Gasteiger partial charge in [0.15, 0.2) is 0 Å². The number of para-hydroxylation sites is 2. The molecular formula is C50H52N6O6S2. The number of hydrogen-bond acceptors (Lipinski definition) is 10. The molecule has 0 aliphatic carbocycles. The molecule has 8 rings (SSSR count). The summed E-state index contributed by atoms with van der Waals surface area (Å²) in [6.45, 7) is 8.87. The third kappa shape index (κ3) is 10.2. The topological polar surface area (TPSA) is 143 Å². The van der Waals surface area contributed by atoms with Crippen LogP contribution in [0.3, 0.4) is 0 Å². The molecule has 4 amide bonds. The van der Waals surface area contributed by atoms with Crippen molar-refractivity contribution in [3.05, 3.63) is 132 Å². The first-order chi connectivity index (χ1) is 31.0. The molecule has 0 bridgehead atoms. The number of amides is 4. The fraction of sp³-hybridized carbons (Fsp3) is 0.320. The van der Waals surface area contributed by atoms with E-state index in [4.69, 9.17) is 19.4 Å². The van der Waals surface area contributed by atoms with Crippen LogP contribution in [0.25, 0.3) is 32.0 Å². The van der Waals surface area contributed by atoms with Crippen molar-refractivity contribution in [3.8, 4) is 43.5 Å². The number of nitrogens with one attached hydrogen (secondary N) is 2. The molecule has 2 aromatic heterocycles. The summed E-state index contributed by atoms with van der Waals surface area (Å²) in [5, 5.41) is 7.38. The second kappa shape index (κ2) is 20.0. The standard InChI is InChI=1S/C50H52N6O6S2/c1-31(2)43(53-49(59)61-37-13-7-5-8-14-37)47(57)55-27-11-17-39(55)45-51-29-41(63-45)35-23-19-33(20-24-35)34-21-25-36(26-22-34)42-30-52-46(64-42)40-18-12-28-56(40)48(58)44(32(3)4)54-50(60)62-38-15-9-6-10-16-38/h5-10,13-16,19-26,29-32,39-40,43-44H,11-12,17-18,27-28H2,1-4H3,(H,53,59)(H,54,60)/t39-,40-,43-,44-/m0/s1.